The van der Waals surface area contributed by atoms with Crippen molar-refractivity contribution in [1.82, 2.24) is 14.9 Å². The molecule has 108 valence electrons. The number of aryl methyl sites for hydroxylation is 1. The number of anilines is 1. The molecule has 0 bridgehead atoms. The standard InChI is InChI=1S/C12H15ClN4O2S/c1-19-12(18)17-4-2-7(6-17)14-10-9-8(3-5-20-9)15-11(13)16-10/h7H,2-6H2,1H3,(H,14,15,16)/t7-/m0/s1. The van der Waals surface area contributed by atoms with Crippen LogP contribution < -0.4 is 5.32 Å². The first-order valence-corrected chi connectivity index (χ1v) is 7.82. The number of amides is 1. The zero-order chi connectivity index (χ0) is 14.1. The van der Waals surface area contributed by atoms with Crippen LogP contribution in [0.4, 0.5) is 10.6 Å². The number of aromatic nitrogens is 2. The third-order valence-corrected chi connectivity index (χ3v) is 4.75. The highest BCUT2D eigenvalue weighted by atomic mass is 35.5. The molecule has 1 saturated heterocycles. The number of fused-ring (bicyclic) bond motifs is 1. The van der Waals surface area contributed by atoms with Crippen LogP contribution in [0.1, 0.15) is 12.1 Å². The fourth-order valence-corrected chi connectivity index (χ4v) is 3.74. The molecule has 2 aliphatic rings. The molecule has 0 radical (unpaired) electrons. The summed E-state index contributed by atoms with van der Waals surface area (Å²) in [6, 6.07) is 0.172. The van der Waals surface area contributed by atoms with Gasteiger partial charge in [0.05, 0.1) is 17.7 Å². The Labute approximate surface area is 126 Å². The van der Waals surface area contributed by atoms with E-state index in [9.17, 15) is 4.79 Å². The molecule has 2 aliphatic heterocycles. The van der Waals surface area contributed by atoms with Crippen molar-refractivity contribution < 1.29 is 9.53 Å². The molecule has 6 nitrogen and oxygen atoms in total. The number of hydrogen-bond donors (Lipinski definition) is 1. The summed E-state index contributed by atoms with van der Waals surface area (Å²) in [6.07, 6.45) is 1.51. The lowest BCUT2D eigenvalue weighted by Crippen LogP contribution is -2.31. The van der Waals surface area contributed by atoms with Crippen molar-refractivity contribution in [1.29, 1.82) is 0 Å². The number of thioether (sulfide) groups is 1. The minimum absolute atomic E-state index is 0.172. The number of ether oxygens (including phenoxy) is 1. The topological polar surface area (TPSA) is 67.3 Å². The zero-order valence-electron chi connectivity index (χ0n) is 11.1. The van der Waals surface area contributed by atoms with Gasteiger partial charge in [-0.05, 0) is 18.0 Å². The third-order valence-electron chi connectivity index (χ3n) is 3.46. The van der Waals surface area contributed by atoms with Gasteiger partial charge in [-0.2, -0.15) is 4.98 Å². The largest absolute Gasteiger partial charge is 0.453 e. The van der Waals surface area contributed by atoms with Crippen LogP contribution in [0.15, 0.2) is 4.90 Å². The van der Waals surface area contributed by atoms with Gasteiger partial charge < -0.3 is 15.0 Å². The molecule has 8 heteroatoms. The van der Waals surface area contributed by atoms with Crippen LogP contribution in [0.5, 0.6) is 0 Å². The van der Waals surface area contributed by atoms with Crippen LogP contribution in [-0.4, -0.2) is 53.0 Å². The third kappa shape index (κ3) is 2.64. The average Bonchev–Trinajstić information content (AvgIpc) is 3.06. The predicted molar refractivity (Wildman–Crippen MR) is 77.5 cm³/mol. The maximum atomic E-state index is 11.5. The predicted octanol–water partition coefficient (Wildman–Crippen LogP) is 2.03. The number of likely N-dealkylation sites (tertiary alicyclic amines) is 1. The number of nitrogens with one attached hydrogen (secondary N) is 1. The Bertz CT molecular complexity index is 542. The molecular formula is C12H15ClN4O2S. The summed E-state index contributed by atoms with van der Waals surface area (Å²) < 4.78 is 4.73. The highest BCUT2D eigenvalue weighted by Crippen LogP contribution is 2.36. The average molecular weight is 315 g/mol. The van der Waals surface area contributed by atoms with Crippen LogP contribution in [-0.2, 0) is 11.2 Å². The maximum absolute atomic E-state index is 11.5. The molecule has 20 heavy (non-hydrogen) atoms. The molecule has 1 amide bonds. The second kappa shape index (κ2) is 5.65. The van der Waals surface area contributed by atoms with Crippen LogP contribution in [0.3, 0.4) is 0 Å². The van der Waals surface area contributed by atoms with Gasteiger partial charge >= 0.3 is 6.09 Å². The van der Waals surface area contributed by atoms with Crippen molar-refractivity contribution in [3.8, 4) is 0 Å². The van der Waals surface area contributed by atoms with Gasteiger partial charge in [0.25, 0.3) is 0 Å². The zero-order valence-corrected chi connectivity index (χ0v) is 12.6. The maximum Gasteiger partial charge on any atom is 0.409 e. The van der Waals surface area contributed by atoms with Gasteiger partial charge in [0.1, 0.15) is 5.82 Å². The molecule has 0 spiro atoms. The summed E-state index contributed by atoms with van der Waals surface area (Å²) in [5.41, 5.74) is 1.01. The van der Waals surface area contributed by atoms with Crippen molar-refractivity contribution in [2.24, 2.45) is 0 Å². The molecule has 3 heterocycles. The van der Waals surface area contributed by atoms with Gasteiger partial charge in [-0.25, -0.2) is 9.78 Å². The van der Waals surface area contributed by atoms with E-state index in [0.29, 0.717) is 13.1 Å². The van der Waals surface area contributed by atoms with E-state index < -0.39 is 0 Å². The summed E-state index contributed by atoms with van der Waals surface area (Å²) >= 11 is 7.71. The summed E-state index contributed by atoms with van der Waals surface area (Å²) in [6.45, 7) is 1.31. The Morgan fingerprint density at radius 2 is 2.40 bits per heavy atom. The van der Waals surface area contributed by atoms with E-state index in [1.165, 1.54) is 7.11 Å². The monoisotopic (exact) mass is 314 g/mol. The van der Waals surface area contributed by atoms with Crippen molar-refractivity contribution in [2.45, 2.75) is 23.8 Å². The lowest BCUT2D eigenvalue weighted by Gasteiger charge is -2.17. The number of rotatable bonds is 2. The Morgan fingerprint density at radius 3 is 3.20 bits per heavy atom. The minimum Gasteiger partial charge on any atom is -0.453 e. The summed E-state index contributed by atoms with van der Waals surface area (Å²) in [7, 11) is 1.40. The van der Waals surface area contributed by atoms with E-state index in [2.05, 4.69) is 15.3 Å². The van der Waals surface area contributed by atoms with Crippen molar-refractivity contribution in [3.05, 3.63) is 11.0 Å². The van der Waals surface area contributed by atoms with Crippen molar-refractivity contribution >= 4 is 35.3 Å². The molecule has 0 saturated carbocycles. The van der Waals surface area contributed by atoms with Crippen molar-refractivity contribution in [2.75, 3.05) is 31.3 Å². The first-order chi connectivity index (χ1) is 9.67. The minimum atomic E-state index is -0.283. The van der Waals surface area contributed by atoms with Gasteiger partial charge in [-0.15, -0.1) is 11.8 Å². The van der Waals surface area contributed by atoms with Crippen LogP contribution in [0, 0.1) is 0 Å². The Morgan fingerprint density at radius 1 is 1.55 bits per heavy atom. The lowest BCUT2D eigenvalue weighted by atomic mass is 10.2. The quantitative estimate of drug-likeness (QED) is 0.843. The summed E-state index contributed by atoms with van der Waals surface area (Å²) in [5.74, 6) is 1.80. The number of nitrogens with zero attached hydrogens (tertiary/aromatic N) is 3. The van der Waals surface area contributed by atoms with Crippen LogP contribution in [0.25, 0.3) is 0 Å². The smallest absolute Gasteiger partial charge is 0.409 e. The van der Waals surface area contributed by atoms with Crippen LogP contribution in [0.2, 0.25) is 5.28 Å². The molecule has 1 aromatic heterocycles. The first kappa shape index (κ1) is 13.8. The number of carbonyl (C=O) groups is 1. The summed E-state index contributed by atoms with van der Waals surface area (Å²) in [4.78, 5) is 22.8. The van der Waals surface area contributed by atoms with Gasteiger partial charge in [0.15, 0.2) is 0 Å². The van der Waals surface area contributed by atoms with E-state index in [4.69, 9.17) is 16.3 Å². The molecule has 0 aromatic carbocycles. The lowest BCUT2D eigenvalue weighted by molar-refractivity contribution is 0.132. The highest BCUT2D eigenvalue weighted by molar-refractivity contribution is 7.99. The van der Waals surface area contributed by atoms with E-state index in [0.717, 1.165) is 35.0 Å². The van der Waals surface area contributed by atoms with E-state index in [-0.39, 0.29) is 17.4 Å². The normalized spacial score (nSPS) is 20.9. The molecule has 1 fully saturated rings. The molecule has 3 rings (SSSR count). The Kier molecular flexibility index (Phi) is 3.89. The Hall–Kier alpha value is -1.21. The molecule has 1 N–H and O–H groups in total. The fourth-order valence-electron chi connectivity index (χ4n) is 2.50. The molecular weight excluding hydrogens is 300 g/mol. The van der Waals surface area contributed by atoms with Gasteiger partial charge in [-0.1, -0.05) is 0 Å². The number of methoxy groups -OCH3 is 1. The molecule has 1 aromatic rings. The SMILES string of the molecule is COC(=O)N1CC[C@H](Nc2nc(Cl)nc3c2SCC3)C1. The van der Waals surface area contributed by atoms with Crippen molar-refractivity contribution in [3.63, 3.8) is 0 Å². The second-order valence-electron chi connectivity index (χ2n) is 4.76. The van der Waals surface area contributed by atoms with E-state index in [1.807, 2.05) is 0 Å². The van der Waals surface area contributed by atoms with Gasteiger partial charge in [0, 0.05) is 31.3 Å². The number of halogens is 1. The van der Waals surface area contributed by atoms with E-state index in [1.54, 1.807) is 16.7 Å². The second-order valence-corrected chi connectivity index (χ2v) is 6.20. The molecule has 1 atom stereocenters. The molecule has 0 unspecified atom stereocenters. The highest BCUT2D eigenvalue weighted by Gasteiger charge is 2.28. The molecule has 0 aliphatic carbocycles. The van der Waals surface area contributed by atoms with Gasteiger partial charge in [0.2, 0.25) is 5.28 Å². The van der Waals surface area contributed by atoms with Crippen LogP contribution >= 0.6 is 23.4 Å². The summed E-state index contributed by atoms with van der Waals surface area (Å²) in [5, 5.41) is 3.66. The number of carbonyl (C=O) groups excluding carboxylic acids is 1. The Balaban J connectivity index is 1.72. The number of hydrogen-bond acceptors (Lipinski definition) is 6. The first-order valence-electron chi connectivity index (χ1n) is 6.46. The van der Waals surface area contributed by atoms with Gasteiger partial charge in [-0.3, -0.25) is 0 Å². The van der Waals surface area contributed by atoms with E-state index >= 15 is 0 Å². The fraction of sp³-hybridized carbons (Fsp3) is 0.583.